The summed E-state index contributed by atoms with van der Waals surface area (Å²) in [5, 5.41) is 5.98. The van der Waals surface area contributed by atoms with Crippen LogP contribution >= 0.6 is 0 Å². The lowest BCUT2D eigenvalue weighted by Crippen LogP contribution is -2.43. The maximum atomic E-state index is 12.0. The first-order chi connectivity index (χ1) is 10.0. The summed E-state index contributed by atoms with van der Waals surface area (Å²) >= 11 is 0. The van der Waals surface area contributed by atoms with Crippen molar-refractivity contribution in [3.8, 4) is 0 Å². The predicted octanol–water partition coefficient (Wildman–Crippen LogP) is 1.07. The average Bonchev–Trinajstić information content (AvgIpc) is 2.48. The molecule has 0 aromatic heterocycles. The molecule has 0 bridgehead atoms. The van der Waals surface area contributed by atoms with Gasteiger partial charge in [0.1, 0.15) is 0 Å². The van der Waals surface area contributed by atoms with E-state index in [-0.39, 0.29) is 16.8 Å². The molecule has 1 saturated heterocycles. The molecule has 0 saturated carbocycles. The SMILES string of the molecule is CCNS(=O)(=O)c1ccc(NC(=O)[C@@H]2CCCCN2)cc1. The van der Waals surface area contributed by atoms with Crippen LogP contribution in [0.1, 0.15) is 26.2 Å². The highest BCUT2D eigenvalue weighted by atomic mass is 32.2. The molecule has 1 aliphatic heterocycles. The van der Waals surface area contributed by atoms with E-state index in [4.69, 9.17) is 0 Å². The van der Waals surface area contributed by atoms with E-state index < -0.39 is 10.0 Å². The summed E-state index contributed by atoms with van der Waals surface area (Å²) < 4.78 is 26.0. The molecule has 7 heteroatoms. The molecule has 1 aromatic rings. The number of sulfonamides is 1. The lowest BCUT2D eigenvalue weighted by Gasteiger charge is -2.22. The van der Waals surface area contributed by atoms with E-state index >= 15 is 0 Å². The molecule has 0 aliphatic carbocycles. The van der Waals surface area contributed by atoms with E-state index in [2.05, 4.69) is 15.4 Å². The second kappa shape index (κ2) is 7.02. The molecule has 0 unspecified atom stereocenters. The van der Waals surface area contributed by atoms with E-state index in [1.54, 1.807) is 19.1 Å². The van der Waals surface area contributed by atoms with Crippen molar-refractivity contribution in [2.24, 2.45) is 0 Å². The number of nitrogens with one attached hydrogen (secondary N) is 3. The Bertz CT molecular complexity index is 578. The molecular formula is C14H21N3O3S. The highest BCUT2D eigenvalue weighted by molar-refractivity contribution is 7.89. The van der Waals surface area contributed by atoms with Gasteiger partial charge < -0.3 is 10.6 Å². The molecule has 21 heavy (non-hydrogen) atoms. The topological polar surface area (TPSA) is 87.3 Å². The number of anilines is 1. The van der Waals surface area contributed by atoms with Gasteiger partial charge in [0.05, 0.1) is 10.9 Å². The van der Waals surface area contributed by atoms with Crippen LogP contribution in [0.3, 0.4) is 0 Å². The fraction of sp³-hybridized carbons (Fsp3) is 0.500. The standard InChI is InChI=1S/C14H21N3O3S/c1-2-16-21(19,20)12-8-6-11(7-9-12)17-14(18)13-5-3-4-10-15-13/h6-9,13,15-16H,2-5,10H2,1H3,(H,17,18)/t13-/m0/s1. The quantitative estimate of drug-likeness (QED) is 0.759. The summed E-state index contributed by atoms with van der Waals surface area (Å²) in [5.41, 5.74) is 0.600. The molecule has 6 nitrogen and oxygen atoms in total. The van der Waals surface area contributed by atoms with Gasteiger partial charge in [-0.2, -0.15) is 0 Å². The van der Waals surface area contributed by atoms with Crippen LogP contribution in [0.15, 0.2) is 29.2 Å². The minimum Gasteiger partial charge on any atom is -0.325 e. The molecule has 1 heterocycles. The Morgan fingerprint density at radius 3 is 2.57 bits per heavy atom. The number of amides is 1. The Morgan fingerprint density at radius 1 is 1.29 bits per heavy atom. The molecule has 116 valence electrons. The van der Waals surface area contributed by atoms with Crippen molar-refractivity contribution in [3.63, 3.8) is 0 Å². The van der Waals surface area contributed by atoms with Gasteiger partial charge in [-0.15, -0.1) is 0 Å². The van der Waals surface area contributed by atoms with E-state index in [9.17, 15) is 13.2 Å². The fourth-order valence-electron chi connectivity index (χ4n) is 2.30. The van der Waals surface area contributed by atoms with Crippen molar-refractivity contribution in [1.29, 1.82) is 0 Å². The zero-order chi connectivity index (χ0) is 15.3. The summed E-state index contributed by atoms with van der Waals surface area (Å²) in [6.45, 7) is 2.93. The molecular weight excluding hydrogens is 290 g/mol. The zero-order valence-electron chi connectivity index (χ0n) is 12.1. The van der Waals surface area contributed by atoms with Crippen molar-refractivity contribution in [1.82, 2.24) is 10.0 Å². The van der Waals surface area contributed by atoms with Gasteiger partial charge in [-0.1, -0.05) is 13.3 Å². The van der Waals surface area contributed by atoms with Crippen LogP contribution < -0.4 is 15.4 Å². The number of hydrogen-bond acceptors (Lipinski definition) is 4. The van der Waals surface area contributed by atoms with Gasteiger partial charge >= 0.3 is 0 Å². The van der Waals surface area contributed by atoms with Gasteiger partial charge in [0, 0.05) is 12.2 Å². The second-order valence-corrected chi connectivity index (χ2v) is 6.78. The Balaban J connectivity index is 2.00. The van der Waals surface area contributed by atoms with Crippen molar-refractivity contribution in [2.45, 2.75) is 37.1 Å². The Hall–Kier alpha value is -1.44. The molecule has 1 amide bonds. The van der Waals surface area contributed by atoms with Crippen LogP contribution in [0.2, 0.25) is 0 Å². The van der Waals surface area contributed by atoms with Gasteiger partial charge in [-0.25, -0.2) is 13.1 Å². The summed E-state index contributed by atoms with van der Waals surface area (Å²) in [6.07, 6.45) is 2.98. The molecule has 1 fully saturated rings. The van der Waals surface area contributed by atoms with Gasteiger partial charge in [0.2, 0.25) is 15.9 Å². The molecule has 3 N–H and O–H groups in total. The summed E-state index contributed by atoms with van der Waals surface area (Å²) in [7, 11) is -3.45. The first-order valence-corrected chi connectivity index (χ1v) is 8.65. The van der Waals surface area contributed by atoms with E-state index in [0.717, 1.165) is 25.8 Å². The van der Waals surface area contributed by atoms with Gasteiger partial charge in [-0.05, 0) is 43.7 Å². The summed E-state index contributed by atoms with van der Waals surface area (Å²) in [6, 6.07) is 6.02. The number of hydrogen-bond donors (Lipinski definition) is 3. The molecule has 1 aromatic carbocycles. The maximum Gasteiger partial charge on any atom is 0.241 e. The second-order valence-electron chi connectivity index (χ2n) is 5.02. The van der Waals surface area contributed by atoms with Crippen molar-refractivity contribution >= 4 is 21.6 Å². The normalized spacial score (nSPS) is 19.2. The monoisotopic (exact) mass is 311 g/mol. The van der Waals surface area contributed by atoms with Gasteiger partial charge in [0.15, 0.2) is 0 Å². The van der Waals surface area contributed by atoms with E-state index in [1.165, 1.54) is 12.1 Å². The van der Waals surface area contributed by atoms with E-state index in [1.807, 2.05) is 0 Å². The van der Waals surface area contributed by atoms with Crippen molar-refractivity contribution in [2.75, 3.05) is 18.4 Å². The Morgan fingerprint density at radius 2 is 2.00 bits per heavy atom. The van der Waals surface area contributed by atoms with Gasteiger partial charge in [0.25, 0.3) is 0 Å². The van der Waals surface area contributed by atoms with Gasteiger partial charge in [-0.3, -0.25) is 4.79 Å². The van der Waals surface area contributed by atoms with Crippen LogP contribution in [0.5, 0.6) is 0 Å². The van der Waals surface area contributed by atoms with Crippen LogP contribution in [0, 0.1) is 0 Å². The third-order valence-electron chi connectivity index (χ3n) is 3.39. The van der Waals surface area contributed by atoms with Crippen molar-refractivity contribution in [3.05, 3.63) is 24.3 Å². The van der Waals surface area contributed by atoms with Crippen LogP contribution in [-0.4, -0.2) is 33.5 Å². The van der Waals surface area contributed by atoms with Crippen LogP contribution in [-0.2, 0) is 14.8 Å². The van der Waals surface area contributed by atoms with Crippen LogP contribution in [0.4, 0.5) is 5.69 Å². The molecule has 1 aliphatic rings. The minimum absolute atomic E-state index is 0.0722. The largest absolute Gasteiger partial charge is 0.325 e. The number of benzene rings is 1. The zero-order valence-corrected chi connectivity index (χ0v) is 12.9. The molecule has 0 spiro atoms. The number of carbonyl (C=O) groups is 1. The van der Waals surface area contributed by atoms with E-state index in [0.29, 0.717) is 12.2 Å². The summed E-state index contributed by atoms with van der Waals surface area (Å²) in [5.74, 6) is -0.0722. The number of carbonyl (C=O) groups excluding carboxylic acids is 1. The van der Waals surface area contributed by atoms with Crippen molar-refractivity contribution < 1.29 is 13.2 Å². The molecule has 1 atom stereocenters. The lowest BCUT2D eigenvalue weighted by molar-refractivity contribution is -0.118. The first kappa shape index (κ1) is 15.9. The predicted molar refractivity (Wildman–Crippen MR) is 81.6 cm³/mol. The summed E-state index contributed by atoms with van der Waals surface area (Å²) in [4.78, 5) is 12.2. The maximum absolute atomic E-state index is 12.0. The molecule has 2 rings (SSSR count). The average molecular weight is 311 g/mol. The third kappa shape index (κ3) is 4.26. The Kier molecular flexibility index (Phi) is 5.33. The highest BCUT2D eigenvalue weighted by Gasteiger charge is 2.20. The smallest absolute Gasteiger partial charge is 0.241 e. The Labute approximate surface area is 125 Å². The third-order valence-corrected chi connectivity index (χ3v) is 4.95. The number of rotatable bonds is 5. The minimum atomic E-state index is -3.45. The lowest BCUT2D eigenvalue weighted by atomic mass is 10.0. The highest BCUT2D eigenvalue weighted by Crippen LogP contribution is 2.15. The fourth-order valence-corrected chi connectivity index (χ4v) is 3.34. The van der Waals surface area contributed by atoms with Crippen LogP contribution in [0.25, 0.3) is 0 Å². The first-order valence-electron chi connectivity index (χ1n) is 7.17. The number of piperidine rings is 1. The molecule has 0 radical (unpaired) electrons.